The quantitative estimate of drug-likeness (QED) is 0.832. The highest BCUT2D eigenvalue weighted by atomic mass is 32.2. The van der Waals surface area contributed by atoms with E-state index in [1.165, 1.54) is 0 Å². The number of aromatic nitrogens is 2. The fourth-order valence-corrected chi connectivity index (χ4v) is 3.62. The molecule has 2 heterocycles. The lowest BCUT2D eigenvalue weighted by atomic mass is 10.1. The average Bonchev–Trinajstić information content (AvgIpc) is 2.84. The molecule has 0 radical (unpaired) electrons. The maximum absolute atomic E-state index is 11.3. The second-order valence-corrected chi connectivity index (χ2v) is 6.75. The van der Waals surface area contributed by atoms with Crippen LogP contribution < -0.4 is 5.73 Å². The monoisotopic (exact) mass is 259 g/mol. The molecule has 0 aliphatic carbocycles. The van der Waals surface area contributed by atoms with Crippen molar-refractivity contribution in [3.8, 4) is 0 Å². The zero-order chi connectivity index (χ0) is 12.5. The van der Waals surface area contributed by atoms with E-state index in [2.05, 4.69) is 10.1 Å². The topological polar surface area (TPSA) is 99.1 Å². The molecule has 96 valence electrons. The van der Waals surface area contributed by atoms with Crippen molar-refractivity contribution in [3.63, 3.8) is 0 Å². The van der Waals surface area contributed by atoms with Crippen molar-refractivity contribution in [2.75, 3.05) is 11.5 Å². The van der Waals surface area contributed by atoms with Crippen molar-refractivity contribution in [2.45, 2.75) is 38.1 Å². The van der Waals surface area contributed by atoms with Crippen LogP contribution in [0.5, 0.6) is 0 Å². The highest BCUT2D eigenvalue weighted by Crippen LogP contribution is 2.26. The molecule has 2 N–H and O–H groups in total. The Hall–Kier alpha value is -0.950. The Bertz CT molecular complexity index is 483. The SMILES string of the molecule is CCC(N)Cc1nc(C2CCS(=O)(=O)C2)no1. The summed E-state index contributed by atoms with van der Waals surface area (Å²) in [6, 6.07) is 0.00982. The molecule has 2 rings (SSSR count). The summed E-state index contributed by atoms with van der Waals surface area (Å²) in [5.41, 5.74) is 5.79. The second-order valence-electron chi connectivity index (χ2n) is 4.52. The van der Waals surface area contributed by atoms with Gasteiger partial charge in [-0.1, -0.05) is 12.1 Å². The molecule has 0 amide bonds. The molecule has 1 aliphatic rings. The third-order valence-corrected chi connectivity index (χ3v) is 4.81. The van der Waals surface area contributed by atoms with E-state index in [0.29, 0.717) is 24.6 Å². The van der Waals surface area contributed by atoms with Crippen LogP contribution in [0.3, 0.4) is 0 Å². The summed E-state index contributed by atoms with van der Waals surface area (Å²) in [6.45, 7) is 1.99. The third kappa shape index (κ3) is 3.04. The van der Waals surface area contributed by atoms with Crippen molar-refractivity contribution >= 4 is 9.84 Å². The molecule has 1 aromatic heterocycles. The van der Waals surface area contributed by atoms with Gasteiger partial charge in [-0.05, 0) is 12.8 Å². The Morgan fingerprint density at radius 2 is 2.35 bits per heavy atom. The molecule has 1 aliphatic heterocycles. The first-order valence-electron chi connectivity index (χ1n) is 5.78. The standard InChI is InChI=1S/C10H17N3O3S/c1-2-8(11)5-9-12-10(13-16-9)7-3-4-17(14,15)6-7/h7-8H,2-6,11H2,1H3. The Kier molecular flexibility index (Phi) is 3.48. The first-order valence-corrected chi connectivity index (χ1v) is 7.61. The van der Waals surface area contributed by atoms with E-state index < -0.39 is 9.84 Å². The van der Waals surface area contributed by atoms with Gasteiger partial charge in [-0.25, -0.2) is 8.42 Å². The van der Waals surface area contributed by atoms with Crippen LogP contribution in [0, 0.1) is 0 Å². The van der Waals surface area contributed by atoms with Gasteiger partial charge in [0.15, 0.2) is 15.7 Å². The molecule has 17 heavy (non-hydrogen) atoms. The minimum Gasteiger partial charge on any atom is -0.339 e. The van der Waals surface area contributed by atoms with Crippen molar-refractivity contribution in [3.05, 3.63) is 11.7 Å². The summed E-state index contributed by atoms with van der Waals surface area (Å²) in [5, 5.41) is 3.84. The minimum atomic E-state index is -2.91. The Morgan fingerprint density at radius 1 is 1.59 bits per heavy atom. The molecular weight excluding hydrogens is 242 g/mol. The van der Waals surface area contributed by atoms with Crippen molar-refractivity contribution in [2.24, 2.45) is 5.73 Å². The third-order valence-electron chi connectivity index (χ3n) is 3.04. The van der Waals surface area contributed by atoms with Crippen molar-refractivity contribution < 1.29 is 12.9 Å². The van der Waals surface area contributed by atoms with Crippen LogP contribution in [0.1, 0.15) is 37.4 Å². The Morgan fingerprint density at radius 3 is 2.94 bits per heavy atom. The lowest BCUT2D eigenvalue weighted by Crippen LogP contribution is -2.21. The Balaban J connectivity index is 2.04. The second kappa shape index (κ2) is 4.73. The van der Waals surface area contributed by atoms with Crippen LogP contribution in [-0.2, 0) is 16.3 Å². The maximum atomic E-state index is 11.3. The summed E-state index contributed by atoms with van der Waals surface area (Å²) in [4.78, 5) is 4.22. The molecule has 0 saturated carbocycles. The van der Waals surface area contributed by atoms with E-state index >= 15 is 0 Å². The lowest BCUT2D eigenvalue weighted by Gasteiger charge is -2.02. The lowest BCUT2D eigenvalue weighted by molar-refractivity contribution is 0.361. The molecule has 0 spiro atoms. The molecule has 0 aromatic carbocycles. The van der Waals surface area contributed by atoms with Gasteiger partial charge in [-0.15, -0.1) is 0 Å². The molecular formula is C10H17N3O3S. The van der Waals surface area contributed by atoms with Crippen LogP contribution in [0.2, 0.25) is 0 Å². The van der Waals surface area contributed by atoms with Gasteiger partial charge in [0.05, 0.1) is 11.5 Å². The summed E-state index contributed by atoms with van der Waals surface area (Å²) in [5.74, 6) is 1.24. The zero-order valence-corrected chi connectivity index (χ0v) is 10.6. The maximum Gasteiger partial charge on any atom is 0.228 e. The number of nitrogens with zero attached hydrogens (tertiary/aromatic N) is 2. The van der Waals surface area contributed by atoms with E-state index in [1.807, 2.05) is 6.92 Å². The van der Waals surface area contributed by atoms with E-state index in [1.54, 1.807) is 0 Å². The highest BCUT2D eigenvalue weighted by molar-refractivity contribution is 7.91. The van der Waals surface area contributed by atoms with E-state index in [9.17, 15) is 8.42 Å². The first kappa shape index (κ1) is 12.5. The number of rotatable bonds is 4. The predicted octanol–water partition coefficient (Wildman–Crippen LogP) is 0.251. The average molecular weight is 259 g/mol. The molecule has 1 aromatic rings. The molecule has 6 nitrogen and oxygen atoms in total. The zero-order valence-electron chi connectivity index (χ0n) is 9.80. The number of sulfone groups is 1. The first-order chi connectivity index (χ1) is 8.00. The Labute approximate surface area is 100 Å². The van der Waals surface area contributed by atoms with Gasteiger partial charge in [-0.3, -0.25) is 0 Å². The van der Waals surface area contributed by atoms with Gasteiger partial charge in [0, 0.05) is 18.4 Å². The van der Waals surface area contributed by atoms with Crippen LogP contribution in [0.15, 0.2) is 4.52 Å². The number of hydrogen-bond acceptors (Lipinski definition) is 6. The summed E-state index contributed by atoms with van der Waals surface area (Å²) < 4.78 is 27.8. The van der Waals surface area contributed by atoms with Crippen molar-refractivity contribution in [1.29, 1.82) is 0 Å². The van der Waals surface area contributed by atoms with Gasteiger partial charge in [0.25, 0.3) is 0 Å². The normalized spacial score (nSPS) is 24.9. The molecule has 7 heteroatoms. The minimum absolute atomic E-state index is 0.00982. The largest absolute Gasteiger partial charge is 0.339 e. The van der Waals surface area contributed by atoms with Gasteiger partial charge in [-0.2, -0.15) is 4.98 Å². The fourth-order valence-electron chi connectivity index (χ4n) is 1.88. The van der Waals surface area contributed by atoms with E-state index in [4.69, 9.17) is 10.3 Å². The van der Waals surface area contributed by atoms with Gasteiger partial charge >= 0.3 is 0 Å². The fraction of sp³-hybridized carbons (Fsp3) is 0.800. The van der Waals surface area contributed by atoms with E-state index in [0.717, 1.165) is 6.42 Å². The highest BCUT2D eigenvalue weighted by Gasteiger charge is 2.32. The van der Waals surface area contributed by atoms with Gasteiger partial charge < -0.3 is 10.3 Å². The number of hydrogen-bond donors (Lipinski definition) is 1. The van der Waals surface area contributed by atoms with Gasteiger partial charge in [0.2, 0.25) is 5.89 Å². The van der Waals surface area contributed by atoms with E-state index in [-0.39, 0.29) is 23.5 Å². The van der Waals surface area contributed by atoms with Crippen molar-refractivity contribution in [1.82, 2.24) is 10.1 Å². The summed E-state index contributed by atoms with van der Waals surface area (Å²) in [6.07, 6.45) is 1.97. The number of nitrogens with two attached hydrogens (primary N) is 1. The molecule has 1 fully saturated rings. The molecule has 0 bridgehead atoms. The molecule has 1 saturated heterocycles. The van der Waals surface area contributed by atoms with Crippen LogP contribution >= 0.6 is 0 Å². The van der Waals surface area contributed by atoms with Crippen LogP contribution in [0.25, 0.3) is 0 Å². The molecule has 2 atom stereocenters. The van der Waals surface area contributed by atoms with Crippen LogP contribution in [0.4, 0.5) is 0 Å². The summed E-state index contributed by atoms with van der Waals surface area (Å²) >= 11 is 0. The summed E-state index contributed by atoms with van der Waals surface area (Å²) in [7, 11) is -2.91. The predicted molar refractivity (Wildman–Crippen MR) is 62.3 cm³/mol. The van der Waals surface area contributed by atoms with Gasteiger partial charge in [0.1, 0.15) is 0 Å². The molecule has 2 unspecified atom stereocenters. The van der Waals surface area contributed by atoms with Crippen LogP contribution in [-0.4, -0.2) is 36.1 Å². The smallest absolute Gasteiger partial charge is 0.228 e.